The Bertz CT molecular complexity index is 630. The molecule has 1 N–H and O–H groups in total. The van der Waals surface area contributed by atoms with Crippen molar-refractivity contribution in [1.29, 1.82) is 0 Å². The van der Waals surface area contributed by atoms with Gasteiger partial charge in [0.2, 0.25) is 0 Å². The number of nitrogens with one attached hydrogen (secondary N) is 1. The molecule has 0 aliphatic carbocycles. The summed E-state index contributed by atoms with van der Waals surface area (Å²) in [4.78, 5) is 24.6. The van der Waals surface area contributed by atoms with Crippen LogP contribution in [0.1, 0.15) is 36.7 Å². The minimum absolute atomic E-state index is 0.217. The van der Waals surface area contributed by atoms with Crippen LogP contribution in [0.4, 0.5) is 0 Å². The van der Waals surface area contributed by atoms with Crippen LogP contribution in [-0.2, 0) is 0 Å². The van der Waals surface area contributed by atoms with E-state index >= 15 is 0 Å². The van der Waals surface area contributed by atoms with Crippen molar-refractivity contribution in [3.8, 4) is 0 Å². The van der Waals surface area contributed by atoms with Gasteiger partial charge in [-0.2, -0.15) is 0 Å². The van der Waals surface area contributed by atoms with Crippen molar-refractivity contribution in [1.82, 2.24) is 9.99 Å². The van der Waals surface area contributed by atoms with Gasteiger partial charge in [0.1, 0.15) is 11.4 Å². The Labute approximate surface area is 123 Å². The van der Waals surface area contributed by atoms with E-state index in [0.717, 1.165) is 25.8 Å². The predicted octanol–water partition coefficient (Wildman–Crippen LogP) is 1.85. The molecule has 1 amide bonds. The SMILES string of the molecule is CC12CCCCN1n1c(c(Cl)cc(Br)c1=O)C(=O)N2. The molecule has 2 aliphatic heterocycles. The normalized spacial score (nSPS) is 25.6. The van der Waals surface area contributed by atoms with Crippen molar-refractivity contribution in [3.63, 3.8) is 0 Å². The fraction of sp³-hybridized carbons (Fsp3) is 0.500. The first-order valence-electron chi connectivity index (χ1n) is 6.15. The maximum atomic E-state index is 12.3. The molecular weight excluding hydrogens is 334 g/mol. The Morgan fingerprint density at radius 1 is 1.42 bits per heavy atom. The Hall–Kier alpha value is -1.01. The topological polar surface area (TPSA) is 54.3 Å². The molecule has 3 heterocycles. The maximum Gasteiger partial charge on any atom is 0.284 e. The van der Waals surface area contributed by atoms with Crippen LogP contribution in [0.5, 0.6) is 0 Å². The van der Waals surface area contributed by atoms with Crippen molar-refractivity contribution in [2.75, 3.05) is 11.6 Å². The number of rotatable bonds is 0. The third-order valence-corrected chi connectivity index (χ3v) is 4.64. The van der Waals surface area contributed by atoms with Gasteiger partial charge < -0.3 is 5.32 Å². The highest BCUT2D eigenvalue weighted by Gasteiger charge is 2.43. The van der Waals surface area contributed by atoms with E-state index in [4.69, 9.17) is 11.6 Å². The number of carbonyl (C=O) groups is 1. The lowest BCUT2D eigenvalue weighted by atomic mass is 9.97. The average molecular weight is 347 g/mol. The number of halogens is 2. The third-order valence-electron chi connectivity index (χ3n) is 3.78. The van der Waals surface area contributed by atoms with Crippen LogP contribution in [0, 0.1) is 0 Å². The van der Waals surface area contributed by atoms with Crippen molar-refractivity contribution in [2.45, 2.75) is 31.8 Å². The molecule has 1 atom stereocenters. The van der Waals surface area contributed by atoms with Crippen LogP contribution >= 0.6 is 27.5 Å². The summed E-state index contributed by atoms with van der Waals surface area (Å²) in [6.45, 7) is 2.66. The summed E-state index contributed by atoms with van der Waals surface area (Å²) in [5, 5.41) is 5.15. The minimum Gasteiger partial charge on any atom is -0.327 e. The van der Waals surface area contributed by atoms with Crippen LogP contribution < -0.4 is 15.9 Å². The fourth-order valence-electron chi connectivity index (χ4n) is 2.84. The second kappa shape index (κ2) is 4.24. The smallest absolute Gasteiger partial charge is 0.284 e. The molecule has 3 rings (SSSR count). The third kappa shape index (κ3) is 1.80. The van der Waals surface area contributed by atoms with E-state index in [1.807, 2.05) is 11.9 Å². The number of nitrogens with zero attached hydrogens (tertiary/aromatic N) is 2. The van der Waals surface area contributed by atoms with Crippen molar-refractivity contribution in [2.24, 2.45) is 0 Å². The second-order valence-electron chi connectivity index (χ2n) is 5.11. The largest absolute Gasteiger partial charge is 0.327 e. The fourth-order valence-corrected chi connectivity index (χ4v) is 3.64. The van der Waals surface area contributed by atoms with Crippen LogP contribution in [-0.4, -0.2) is 22.8 Å². The Balaban J connectivity index is 2.30. The summed E-state index contributed by atoms with van der Waals surface area (Å²) in [7, 11) is 0. The van der Waals surface area contributed by atoms with E-state index in [9.17, 15) is 9.59 Å². The van der Waals surface area contributed by atoms with E-state index < -0.39 is 5.66 Å². The molecule has 5 nitrogen and oxygen atoms in total. The summed E-state index contributed by atoms with van der Waals surface area (Å²) in [6.07, 6.45) is 2.83. The van der Waals surface area contributed by atoms with Crippen LogP contribution in [0.3, 0.4) is 0 Å². The first-order chi connectivity index (χ1) is 8.94. The molecule has 1 aromatic rings. The summed E-state index contributed by atoms with van der Waals surface area (Å²) in [6, 6.07) is 1.47. The van der Waals surface area contributed by atoms with E-state index in [-0.39, 0.29) is 22.2 Å². The summed E-state index contributed by atoms with van der Waals surface area (Å²) < 4.78 is 1.79. The highest BCUT2D eigenvalue weighted by Crippen LogP contribution is 2.30. The van der Waals surface area contributed by atoms with Gasteiger partial charge in [-0.1, -0.05) is 11.6 Å². The molecule has 0 radical (unpaired) electrons. The standard InChI is InChI=1S/C12H13BrClN3O2/c1-12-4-2-3-5-16(12)17-9(10(18)15-12)8(14)6-7(13)11(17)19/h6H,2-5H2,1H3,(H,15,18). The van der Waals surface area contributed by atoms with Gasteiger partial charge in [-0.25, -0.2) is 4.68 Å². The van der Waals surface area contributed by atoms with Gasteiger partial charge in [-0.15, -0.1) is 0 Å². The molecule has 102 valence electrons. The molecule has 1 aromatic heterocycles. The molecule has 2 aliphatic rings. The molecule has 19 heavy (non-hydrogen) atoms. The molecule has 0 spiro atoms. The zero-order valence-electron chi connectivity index (χ0n) is 10.4. The monoisotopic (exact) mass is 345 g/mol. The number of hydrogen-bond acceptors (Lipinski definition) is 3. The maximum absolute atomic E-state index is 12.3. The van der Waals surface area contributed by atoms with Gasteiger partial charge in [0, 0.05) is 6.54 Å². The van der Waals surface area contributed by atoms with Gasteiger partial charge in [-0.3, -0.25) is 14.6 Å². The second-order valence-corrected chi connectivity index (χ2v) is 6.38. The Morgan fingerprint density at radius 3 is 2.89 bits per heavy atom. The van der Waals surface area contributed by atoms with Gasteiger partial charge in [0.05, 0.1) is 9.50 Å². The van der Waals surface area contributed by atoms with E-state index in [2.05, 4.69) is 21.2 Å². The van der Waals surface area contributed by atoms with Gasteiger partial charge in [-0.05, 0) is 48.2 Å². The van der Waals surface area contributed by atoms with E-state index in [1.54, 1.807) is 0 Å². The number of aromatic nitrogens is 1. The average Bonchev–Trinajstić information content (AvgIpc) is 2.33. The zero-order valence-corrected chi connectivity index (χ0v) is 12.7. The molecule has 1 fully saturated rings. The molecule has 0 bridgehead atoms. The van der Waals surface area contributed by atoms with Gasteiger partial charge in [0.15, 0.2) is 0 Å². The van der Waals surface area contributed by atoms with Crippen molar-refractivity contribution < 1.29 is 4.79 Å². The van der Waals surface area contributed by atoms with Crippen LogP contribution in [0.2, 0.25) is 5.02 Å². The number of pyridine rings is 1. The first kappa shape index (κ1) is 13.0. The number of amides is 1. The summed E-state index contributed by atoms with van der Waals surface area (Å²) >= 11 is 9.32. The minimum atomic E-state index is -0.518. The van der Waals surface area contributed by atoms with Crippen LogP contribution in [0.25, 0.3) is 0 Å². The predicted molar refractivity (Wildman–Crippen MR) is 76.2 cm³/mol. The van der Waals surface area contributed by atoms with Crippen LogP contribution in [0.15, 0.2) is 15.3 Å². The van der Waals surface area contributed by atoms with E-state index in [0.29, 0.717) is 4.47 Å². The Morgan fingerprint density at radius 2 is 2.16 bits per heavy atom. The molecule has 7 heteroatoms. The number of hydrogen-bond donors (Lipinski definition) is 1. The molecule has 0 saturated carbocycles. The quantitative estimate of drug-likeness (QED) is 0.780. The first-order valence-corrected chi connectivity index (χ1v) is 7.33. The van der Waals surface area contributed by atoms with Gasteiger partial charge in [0.25, 0.3) is 11.5 Å². The highest BCUT2D eigenvalue weighted by atomic mass is 79.9. The number of carbonyl (C=O) groups excluding carboxylic acids is 1. The molecule has 1 unspecified atom stereocenters. The number of piperidine rings is 1. The zero-order chi connectivity index (χ0) is 13.8. The summed E-state index contributed by atoms with van der Waals surface area (Å²) in [5.41, 5.74) is -0.548. The lowest BCUT2D eigenvalue weighted by molar-refractivity contribution is 0.0799. The molecule has 0 aromatic carbocycles. The van der Waals surface area contributed by atoms with Crippen molar-refractivity contribution >= 4 is 33.4 Å². The Kier molecular flexibility index (Phi) is 2.90. The molecular formula is C12H13BrClN3O2. The van der Waals surface area contributed by atoms with Crippen molar-refractivity contribution in [3.05, 3.63) is 31.6 Å². The van der Waals surface area contributed by atoms with E-state index in [1.165, 1.54) is 10.7 Å². The summed E-state index contributed by atoms with van der Waals surface area (Å²) in [5.74, 6) is -0.296. The molecule has 1 saturated heterocycles. The lowest BCUT2D eigenvalue weighted by Gasteiger charge is -2.50. The number of fused-ring (bicyclic) bond motifs is 3. The van der Waals surface area contributed by atoms with Gasteiger partial charge >= 0.3 is 0 Å². The highest BCUT2D eigenvalue weighted by molar-refractivity contribution is 9.10. The lowest BCUT2D eigenvalue weighted by Crippen LogP contribution is -2.71.